The van der Waals surface area contributed by atoms with Crippen LogP contribution < -0.4 is 15.4 Å². The lowest BCUT2D eigenvalue weighted by Gasteiger charge is -2.08. The molecule has 0 fully saturated rings. The van der Waals surface area contributed by atoms with Crippen molar-refractivity contribution in [3.05, 3.63) is 59.9 Å². The molecule has 8 heteroatoms. The van der Waals surface area contributed by atoms with Gasteiger partial charge in [-0.05, 0) is 36.4 Å². The number of rotatable bonds is 6. The molecule has 0 aliphatic rings. The standard InChI is InChI=1S/C19H18N4O4/c1-12(24)27-15-4-2-3-13(9-15)18(25)20-7-8-21-19(26)14-5-6-16-17(10-14)23-11-22-16/h2-6,9-11H,7-8H2,1H3,(H,20,25)(H,21,26)(H,22,23). The molecule has 3 N–H and O–H groups in total. The molecule has 0 atom stereocenters. The Morgan fingerprint density at radius 3 is 2.41 bits per heavy atom. The number of fused-ring (bicyclic) bond motifs is 1. The van der Waals surface area contributed by atoms with E-state index in [9.17, 15) is 14.4 Å². The summed E-state index contributed by atoms with van der Waals surface area (Å²) in [7, 11) is 0. The number of nitrogens with one attached hydrogen (secondary N) is 3. The largest absolute Gasteiger partial charge is 0.427 e. The highest BCUT2D eigenvalue weighted by atomic mass is 16.5. The van der Waals surface area contributed by atoms with Crippen molar-refractivity contribution < 1.29 is 19.1 Å². The van der Waals surface area contributed by atoms with Crippen LogP contribution in [0.5, 0.6) is 5.75 Å². The van der Waals surface area contributed by atoms with Crippen molar-refractivity contribution in [1.29, 1.82) is 0 Å². The van der Waals surface area contributed by atoms with E-state index in [0.717, 1.165) is 11.0 Å². The number of carbonyl (C=O) groups excluding carboxylic acids is 3. The van der Waals surface area contributed by atoms with E-state index in [1.54, 1.807) is 42.7 Å². The smallest absolute Gasteiger partial charge is 0.308 e. The van der Waals surface area contributed by atoms with Crippen LogP contribution in [0, 0.1) is 0 Å². The maximum Gasteiger partial charge on any atom is 0.308 e. The molecule has 0 saturated heterocycles. The molecule has 0 spiro atoms. The molecule has 0 radical (unpaired) electrons. The van der Waals surface area contributed by atoms with Gasteiger partial charge in [-0.15, -0.1) is 0 Å². The molecule has 27 heavy (non-hydrogen) atoms. The predicted octanol–water partition coefficient (Wildman–Crippen LogP) is 1.65. The van der Waals surface area contributed by atoms with Crippen molar-refractivity contribution in [2.75, 3.05) is 13.1 Å². The third-order valence-electron chi connectivity index (χ3n) is 3.74. The second kappa shape index (κ2) is 8.13. The minimum absolute atomic E-state index is 0.238. The molecule has 2 aromatic carbocycles. The first-order valence-electron chi connectivity index (χ1n) is 8.31. The van der Waals surface area contributed by atoms with Gasteiger partial charge in [0.15, 0.2) is 0 Å². The van der Waals surface area contributed by atoms with Crippen LogP contribution in [0.2, 0.25) is 0 Å². The first kappa shape index (κ1) is 18.1. The summed E-state index contributed by atoms with van der Waals surface area (Å²) in [5.74, 6) is -0.712. The number of benzene rings is 2. The lowest BCUT2D eigenvalue weighted by molar-refractivity contribution is -0.131. The summed E-state index contributed by atoms with van der Waals surface area (Å²) < 4.78 is 4.95. The minimum Gasteiger partial charge on any atom is -0.427 e. The van der Waals surface area contributed by atoms with Gasteiger partial charge in [-0.3, -0.25) is 14.4 Å². The van der Waals surface area contributed by atoms with Gasteiger partial charge in [0.25, 0.3) is 11.8 Å². The Morgan fingerprint density at radius 2 is 1.70 bits per heavy atom. The normalized spacial score (nSPS) is 10.4. The highest BCUT2D eigenvalue weighted by Gasteiger charge is 2.09. The van der Waals surface area contributed by atoms with Crippen LogP contribution in [0.1, 0.15) is 27.6 Å². The molecule has 3 aromatic rings. The lowest BCUT2D eigenvalue weighted by atomic mass is 10.2. The van der Waals surface area contributed by atoms with E-state index in [1.807, 2.05) is 0 Å². The molecule has 0 bridgehead atoms. The van der Waals surface area contributed by atoms with Gasteiger partial charge >= 0.3 is 5.97 Å². The van der Waals surface area contributed by atoms with Crippen LogP contribution in [-0.2, 0) is 4.79 Å². The molecule has 3 rings (SSSR count). The second-order valence-electron chi connectivity index (χ2n) is 5.77. The molecular weight excluding hydrogens is 348 g/mol. The zero-order chi connectivity index (χ0) is 19.2. The molecule has 2 amide bonds. The first-order valence-corrected chi connectivity index (χ1v) is 8.31. The Morgan fingerprint density at radius 1 is 1.00 bits per heavy atom. The van der Waals surface area contributed by atoms with Crippen molar-refractivity contribution in [1.82, 2.24) is 20.6 Å². The number of esters is 1. The lowest BCUT2D eigenvalue weighted by Crippen LogP contribution is -2.34. The maximum absolute atomic E-state index is 12.2. The molecule has 138 valence electrons. The SMILES string of the molecule is CC(=O)Oc1cccc(C(=O)NCCNC(=O)c2ccc3nc[nH]c3c2)c1. The van der Waals surface area contributed by atoms with Gasteiger partial charge < -0.3 is 20.4 Å². The van der Waals surface area contributed by atoms with Gasteiger partial charge in [-0.25, -0.2) is 4.98 Å². The number of H-pyrrole nitrogens is 1. The van der Waals surface area contributed by atoms with E-state index in [1.165, 1.54) is 13.0 Å². The highest BCUT2D eigenvalue weighted by molar-refractivity contribution is 5.97. The number of aromatic nitrogens is 2. The number of nitrogens with zero attached hydrogens (tertiary/aromatic N) is 1. The van der Waals surface area contributed by atoms with Crippen LogP contribution in [0.25, 0.3) is 11.0 Å². The van der Waals surface area contributed by atoms with E-state index in [-0.39, 0.29) is 24.9 Å². The number of carbonyl (C=O) groups is 3. The summed E-state index contributed by atoms with van der Waals surface area (Å²) >= 11 is 0. The topological polar surface area (TPSA) is 113 Å². The number of ether oxygens (including phenoxy) is 1. The van der Waals surface area contributed by atoms with Crippen LogP contribution >= 0.6 is 0 Å². The number of hydrogen-bond donors (Lipinski definition) is 3. The van der Waals surface area contributed by atoms with Crippen molar-refractivity contribution in [3.63, 3.8) is 0 Å². The summed E-state index contributed by atoms with van der Waals surface area (Å²) in [6, 6.07) is 11.5. The van der Waals surface area contributed by atoms with Crippen LogP contribution in [0.4, 0.5) is 0 Å². The van der Waals surface area contributed by atoms with Gasteiger partial charge in [0, 0.05) is 31.1 Å². The van der Waals surface area contributed by atoms with Gasteiger partial charge in [-0.2, -0.15) is 0 Å². The Kier molecular flexibility index (Phi) is 5.46. The van der Waals surface area contributed by atoms with Crippen LogP contribution in [0.15, 0.2) is 48.8 Å². The zero-order valence-electron chi connectivity index (χ0n) is 14.6. The summed E-state index contributed by atoms with van der Waals surface area (Å²) in [6.07, 6.45) is 1.57. The predicted molar refractivity (Wildman–Crippen MR) is 98.5 cm³/mol. The van der Waals surface area contributed by atoms with E-state index in [4.69, 9.17) is 4.74 Å². The highest BCUT2D eigenvalue weighted by Crippen LogP contribution is 2.13. The Bertz CT molecular complexity index is 996. The quantitative estimate of drug-likeness (QED) is 0.349. The summed E-state index contributed by atoms with van der Waals surface area (Å²) in [5, 5.41) is 5.44. The molecular formula is C19H18N4O4. The van der Waals surface area contributed by atoms with Crippen molar-refractivity contribution in [2.24, 2.45) is 0 Å². The molecule has 8 nitrogen and oxygen atoms in total. The van der Waals surface area contributed by atoms with Crippen molar-refractivity contribution in [3.8, 4) is 5.75 Å². The van der Waals surface area contributed by atoms with Crippen LogP contribution in [0.3, 0.4) is 0 Å². The Hall–Kier alpha value is -3.68. The van der Waals surface area contributed by atoms with Crippen LogP contribution in [-0.4, -0.2) is 40.8 Å². The number of imidazole rings is 1. The van der Waals surface area contributed by atoms with E-state index >= 15 is 0 Å². The van der Waals surface area contributed by atoms with Crippen molar-refractivity contribution in [2.45, 2.75) is 6.92 Å². The number of amides is 2. The Labute approximate surface area is 154 Å². The van der Waals surface area contributed by atoms with E-state index in [0.29, 0.717) is 16.9 Å². The van der Waals surface area contributed by atoms with Gasteiger partial charge in [0.1, 0.15) is 5.75 Å². The average molecular weight is 366 g/mol. The molecule has 0 aliphatic carbocycles. The van der Waals surface area contributed by atoms with Gasteiger partial charge in [-0.1, -0.05) is 6.07 Å². The number of aromatic amines is 1. The maximum atomic E-state index is 12.2. The summed E-state index contributed by atoms with van der Waals surface area (Å²) in [5.41, 5.74) is 2.44. The molecule has 0 saturated carbocycles. The minimum atomic E-state index is -0.455. The fraction of sp³-hybridized carbons (Fsp3) is 0.158. The van der Waals surface area contributed by atoms with Gasteiger partial charge in [0.2, 0.25) is 0 Å². The fourth-order valence-electron chi connectivity index (χ4n) is 2.50. The molecule has 1 heterocycles. The monoisotopic (exact) mass is 366 g/mol. The third kappa shape index (κ3) is 4.69. The zero-order valence-corrected chi connectivity index (χ0v) is 14.6. The van der Waals surface area contributed by atoms with Gasteiger partial charge in [0.05, 0.1) is 17.4 Å². The second-order valence-corrected chi connectivity index (χ2v) is 5.77. The van der Waals surface area contributed by atoms with E-state index < -0.39 is 5.97 Å². The molecule has 0 aliphatic heterocycles. The van der Waals surface area contributed by atoms with E-state index in [2.05, 4.69) is 20.6 Å². The molecule has 1 aromatic heterocycles. The first-order chi connectivity index (χ1) is 13.0. The third-order valence-corrected chi connectivity index (χ3v) is 3.74. The summed E-state index contributed by atoms with van der Waals surface area (Å²) in [6.45, 7) is 1.82. The average Bonchev–Trinajstić information content (AvgIpc) is 3.12. The van der Waals surface area contributed by atoms with Crippen molar-refractivity contribution >= 4 is 28.8 Å². The number of hydrogen-bond acceptors (Lipinski definition) is 5. The summed E-state index contributed by atoms with van der Waals surface area (Å²) in [4.78, 5) is 42.3. The Balaban J connectivity index is 1.48. The molecule has 0 unspecified atom stereocenters. The fourth-order valence-corrected chi connectivity index (χ4v) is 2.50.